The van der Waals surface area contributed by atoms with E-state index in [4.69, 9.17) is 4.74 Å². The van der Waals surface area contributed by atoms with Crippen LogP contribution in [0.3, 0.4) is 0 Å². The van der Waals surface area contributed by atoms with Crippen LogP contribution in [0.15, 0.2) is 6.07 Å². The summed E-state index contributed by atoms with van der Waals surface area (Å²) in [4.78, 5) is 0. The first-order valence-electron chi connectivity index (χ1n) is 6.56. The zero-order valence-corrected chi connectivity index (χ0v) is 11.3. The molecule has 0 saturated carbocycles. The number of nitrogens with zero attached hydrogens (tertiary/aromatic N) is 1. The second kappa shape index (κ2) is 8.12. The van der Waals surface area contributed by atoms with Gasteiger partial charge in [-0.1, -0.05) is 26.7 Å². The minimum Gasteiger partial charge on any atom is -0.477 e. The molecule has 0 saturated heterocycles. The van der Waals surface area contributed by atoms with Crippen LogP contribution in [0.25, 0.3) is 0 Å². The summed E-state index contributed by atoms with van der Waals surface area (Å²) >= 11 is 0. The molecule has 0 radical (unpaired) electrons. The molecule has 0 fully saturated rings. The SMILES string of the molecule is Cc1cc(OCCCCCCNC(C)C)n[nH]1. The van der Waals surface area contributed by atoms with Crippen LogP contribution in [-0.2, 0) is 0 Å². The molecule has 0 aliphatic carbocycles. The number of rotatable bonds is 9. The number of unbranched alkanes of at least 4 members (excludes halogenated alkanes) is 3. The molecule has 0 aromatic carbocycles. The van der Waals surface area contributed by atoms with Crippen molar-refractivity contribution in [1.29, 1.82) is 0 Å². The molecule has 98 valence electrons. The molecule has 1 aromatic rings. The van der Waals surface area contributed by atoms with Gasteiger partial charge in [-0.05, 0) is 26.3 Å². The maximum Gasteiger partial charge on any atom is 0.232 e. The fourth-order valence-corrected chi connectivity index (χ4v) is 1.62. The fraction of sp³-hybridized carbons (Fsp3) is 0.769. The van der Waals surface area contributed by atoms with Crippen molar-refractivity contribution < 1.29 is 4.74 Å². The second-order valence-corrected chi connectivity index (χ2v) is 4.76. The average Bonchev–Trinajstić information content (AvgIpc) is 2.68. The molecule has 17 heavy (non-hydrogen) atoms. The Bertz CT molecular complexity index is 297. The lowest BCUT2D eigenvalue weighted by Crippen LogP contribution is -2.23. The van der Waals surface area contributed by atoms with Crippen molar-refractivity contribution in [2.75, 3.05) is 13.2 Å². The molecule has 0 atom stereocenters. The molecule has 0 aliphatic rings. The zero-order valence-electron chi connectivity index (χ0n) is 11.3. The van der Waals surface area contributed by atoms with Gasteiger partial charge >= 0.3 is 0 Å². The molecule has 4 nitrogen and oxygen atoms in total. The van der Waals surface area contributed by atoms with Crippen molar-refractivity contribution >= 4 is 0 Å². The van der Waals surface area contributed by atoms with Crippen molar-refractivity contribution in [3.63, 3.8) is 0 Å². The topological polar surface area (TPSA) is 49.9 Å². The van der Waals surface area contributed by atoms with Gasteiger partial charge in [0.05, 0.1) is 6.61 Å². The molecular formula is C13H25N3O. The first-order valence-corrected chi connectivity index (χ1v) is 6.56. The fourth-order valence-electron chi connectivity index (χ4n) is 1.62. The predicted molar refractivity (Wildman–Crippen MR) is 70.4 cm³/mol. The lowest BCUT2D eigenvalue weighted by molar-refractivity contribution is 0.293. The highest BCUT2D eigenvalue weighted by molar-refractivity contribution is 5.11. The van der Waals surface area contributed by atoms with Gasteiger partial charge in [0.1, 0.15) is 0 Å². The molecule has 0 spiro atoms. The standard InChI is InChI=1S/C13H25N3O/c1-11(2)14-8-6-4-5-7-9-17-13-10-12(3)15-16-13/h10-11,14H,4-9H2,1-3H3,(H,15,16). The van der Waals surface area contributed by atoms with Crippen LogP contribution in [0.4, 0.5) is 0 Å². The Balaban J connectivity index is 1.88. The summed E-state index contributed by atoms with van der Waals surface area (Å²) in [5.41, 5.74) is 1.04. The van der Waals surface area contributed by atoms with Gasteiger partial charge in [0.15, 0.2) is 0 Å². The molecule has 4 heteroatoms. The van der Waals surface area contributed by atoms with Crippen LogP contribution in [0.2, 0.25) is 0 Å². The summed E-state index contributed by atoms with van der Waals surface area (Å²) in [5, 5.41) is 10.3. The Morgan fingerprint density at radius 1 is 1.29 bits per heavy atom. The van der Waals surface area contributed by atoms with E-state index in [2.05, 4.69) is 29.4 Å². The minimum atomic E-state index is 0.598. The largest absolute Gasteiger partial charge is 0.477 e. The number of H-pyrrole nitrogens is 1. The van der Waals surface area contributed by atoms with E-state index in [-0.39, 0.29) is 0 Å². The molecule has 1 aromatic heterocycles. The van der Waals surface area contributed by atoms with Gasteiger partial charge in [-0.2, -0.15) is 0 Å². The van der Waals surface area contributed by atoms with Gasteiger partial charge in [0.25, 0.3) is 0 Å². The van der Waals surface area contributed by atoms with Crippen LogP contribution >= 0.6 is 0 Å². The first-order chi connectivity index (χ1) is 8.18. The number of nitrogens with one attached hydrogen (secondary N) is 2. The van der Waals surface area contributed by atoms with Gasteiger partial charge in [-0.25, -0.2) is 0 Å². The van der Waals surface area contributed by atoms with E-state index in [1.165, 1.54) is 19.3 Å². The summed E-state index contributed by atoms with van der Waals surface area (Å²) in [6.45, 7) is 8.22. The first kappa shape index (κ1) is 14.0. The Kier molecular flexibility index (Phi) is 6.70. The van der Waals surface area contributed by atoms with Crippen molar-refractivity contribution in [3.8, 4) is 5.88 Å². The van der Waals surface area contributed by atoms with Crippen molar-refractivity contribution in [3.05, 3.63) is 11.8 Å². The Morgan fingerprint density at radius 2 is 2.06 bits per heavy atom. The Labute approximate surface area is 104 Å². The lowest BCUT2D eigenvalue weighted by atomic mass is 10.2. The van der Waals surface area contributed by atoms with Crippen molar-refractivity contribution in [2.24, 2.45) is 0 Å². The smallest absolute Gasteiger partial charge is 0.232 e. The van der Waals surface area contributed by atoms with Crippen LogP contribution in [0.5, 0.6) is 5.88 Å². The van der Waals surface area contributed by atoms with Gasteiger partial charge in [0.2, 0.25) is 5.88 Å². The Morgan fingerprint density at radius 3 is 2.71 bits per heavy atom. The van der Waals surface area contributed by atoms with Crippen LogP contribution < -0.4 is 10.1 Å². The highest BCUT2D eigenvalue weighted by Crippen LogP contribution is 2.08. The normalized spacial score (nSPS) is 11.1. The third-order valence-electron chi connectivity index (χ3n) is 2.56. The summed E-state index contributed by atoms with van der Waals surface area (Å²) in [7, 11) is 0. The highest BCUT2D eigenvalue weighted by atomic mass is 16.5. The zero-order chi connectivity index (χ0) is 12.5. The second-order valence-electron chi connectivity index (χ2n) is 4.76. The number of aryl methyl sites for hydroxylation is 1. The third kappa shape index (κ3) is 7.00. The number of hydrogen-bond acceptors (Lipinski definition) is 3. The van der Waals surface area contributed by atoms with Crippen molar-refractivity contribution in [1.82, 2.24) is 15.5 Å². The van der Waals surface area contributed by atoms with Gasteiger partial charge in [-0.15, -0.1) is 5.10 Å². The molecule has 1 heterocycles. The molecule has 1 rings (SSSR count). The summed E-state index contributed by atoms with van der Waals surface area (Å²) in [5.74, 6) is 0.712. The highest BCUT2D eigenvalue weighted by Gasteiger charge is 1.98. The van der Waals surface area contributed by atoms with Gasteiger partial charge in [0, 0.05) is 17.8 Å². The van der Waals surface area contributed by atoms with Crippen LogP contribution in [0, 0.1) is 6.92 Å². The maximum atomic E-state index is 5.51. The van der Waals surface area contributed by atoms with E-state index >= 15 is 0 Å². The molecular weight excluding hydrogens is 214 g/mol. The molecule has 0 aliphatic heterocycles. The lowest BCUT2D eigenvalue weighted by Gasteiger charge is -2.07. The van der Waals surface area contributed by atoms with E-state index < -0.39 is 0 Å². The summed E-state index contributed by atoms with van der Waals surface area (Å²) < 4.78 is 5.51. The van der Waals surface area contributed by atoms with Gasteiger partial charge in [-0.3, -0.25) is 5.10 Å². The quantitative estimate of drug-likeness (QED) is 0.651. The summed E-state index contributed by atoms with van der Waals surface area (Å²) in [6, 6.07) is 2.52. The molecule has 2 N–H and O–H groups in total. The molecule has 0 amide bonds. The van der Waals surface area contributed by atoms with Crippen molar-refractivity contribution in [2.45, 2.75) is 52.5 Å². The van der Waals surface area contributed by atoms with Gasteiger partial charge < -0.3 is 10.1 Å². The number of hydrogen-bond donors (Lipinski definition) is 2. The number of aromatic amines is 1. The van der Waals surface area contributed by atoms with E-state index in [1.54, 1.807) is 0 Å². The third-order valence-corrected chi connectivity index (χ3v) is 2.56. The number of ether oxygens (including phenoxy) is 1. The minimum absolute atomic E-state index is 0.598. The predicted octanol–water partition coefficient (Wildman–Crippen LogP) is 2.66. The van der Waals surface area contributed by atoms with E-state index in [1.807, 2.05) is 13.0 Å². The van der Waals surface area contributed by atoms with Crippen LogP contribution in [-0.4, -0.2) is 29.4 Å². The van der Waals surface area contributed by atoms with E-state index in [0.717, 1.165) is 25.3 Å². The molecule has 0 unspecified atom stereocenters. The van der Waals surface area contributed by atoms with E-state index in [0.29, 0.717) is 11.9 Å². The summed E-state index contributed by atoms with van der Waals surface area (Å²) in [6.07, 6.45) is 4.85. The van der Waals surface area contributed by atoms with Crippen LogP contribution in [0.1, 0.15) is 45.2 Å². The number of aromatic nitrogens is 2. The van der Waals surface area contributed by atoms with E-state index in [9.17, 15) is 0 Å². The monoisotopic (exact) mass is 239 g/mol. The average molecular weight is 239 g/mol. The maximum absolute atomic E-state index is 5.51. The Hall–Kier alpha value is -1.03. The molecule has 0 bridgehead atoms.